The highest BCUT2D eigenvalue weighted by molar-refractivity contribution is 7.89. The molecule has 29 heavy (non-hydrogen) atoms. The second-order valence-corrected chi connectivity index (χ2v) is 9.31. The minimum Gasteiger partial charge on any atom is -0.438 e. The molecule has 0 spiro atoms. The Morgan fingerprint density at radius 2 is 1.83 bits per heavy atom. The van der Waals surface area contributed by atoms with E-state index < -0.39 is 27.3 Å². The summed E-state index contributed by atoms with van der Waals surface area (Å²) >= 11 is 0. The van der Waals surface area contributed by atoms with Gasteiger partial charge in [0, 0.05) is 24.3 Å². The molecule has 2 N–H and O–H groups in total. The molecule has 8 nitrogen and oxygen atoms in total. The summed E-state index contributed by atoms with van der Waals surface area (Å²) in [4.78, 5) is 14.2. The number of furan rings is 1. The molecule has 10 heteroatoms. The van der Waals surface area contributed by atoms with Crippen molar-refractivity contribution in [3.05, 3.63) is 41.9 Å². The van der Waals surface area contributed by atoms with Gasteiger partial charge in [-0.05, 0) is 51.1 Å². The van der Waals surface area contributed by atoms with Crippen molar-refractivity contribution in [2.24, 2.45) is 0 Å². The molecule has 2 heterocycles. The fourth-order valence-corrected chi connectivity index (χ4v) is 4.23. The lowest BCUT2D eigenvalue weighted by Gasteiger charge is -2.29. The van der Waals surface area contributed by atoms with Crippen LogP contribution < -0.4 is 14.9 Å². The van der Waals surface area contributed by atoms with E-state index in [1.54, 1.807) is 32.9 Å². The van der Waals surface area contributed by atoms with Crippen molar-refractivity contribution in [2.75, 3.05) is 36.5 Å². The average molecular weight is 425 g/mol. The molecule has 1 amide bonds. The molecule has 0 saturated carbocycles. The van der Waals surface area contributed by atoms with Gasteiger partial charge in [0.15, 0.2) is 5.76 Å². The molecule has 1 fully saturated rings. The van der Waals surface area contributed by atoms with E-state index in [0.717, 1.165) is 0 Å². The highest BCUT2D eigenvalue weighted by Gasteiger charge is 2.26. The van der Waals surface area contributed by atoms with Crippen LogP contribution in [-0.2, 0) is 14.8 Å². The number of ether oxygens (including phenoxy) is 1. The van der Waals surface area contributed by atoms with Crippen molar-refractivity contribution in [3.63, 3.8) is 0 Å². The zero-order valence-electron chi connectivity index (χ0n) is 16.5. The minimum absolute atomic E-state index is 0.197. The molecule has 0 unspecified atom stereocenters. The summed E-state index contributed by atoms with van der Waals surface area (Å²) in [6.45, 7) is 7.32. The first-order valence-electron chi connectivity index (χ1n) is 9.13. The molecular formula is C19H24FN3O5S. The molecule has 1 aromatic heterocycles. The van der Waals surface area contributed by atoms with Crippen LogP contribution in [0.1, 0.15) is 31.3 Å². The normalized spacial score (nSPS) is 15.4. The van der Waals surface area contributed by atoms with Gasteiger partial charge < -0.3 is 19.4 Å². The second-order valence-electron chi connectivity index (χ2n) is 7.69. The predicted molar refractivity (Wildman–Crippen MR) is 106 cm³/mol. The van der Waals surface area contributed by atoms with Crippen molar-refractivity contribution >= 4 is 27.3 Å². The topological polar surface area (TPSA) is 101 Å². The monoisotopic (exact) mass is 425 g/mol. The summed E-state index contributed by atoms with van der Waals surface area (Å²) in [5, 5.41) is 2.14. The van der Waals surface area contributed by atoms with Gasteiger partial charge >= 0.3 is 0 Å². The molecule has 0 aliphatic carbocycles. The number of rotatable bonds is 5. The first-order valence-corrected chi connectivity index (χ1v) is 10.6. The number of carbonyl (C=O) groups is 1. The summed E-state index contributed by atoms with van der Waals surface area (Å²) < 4.78 is 51.9. The van der Waals surface area contributed by atoms with Gasteiger partial charge in [0.25, 0.3) is 15.9 Å². The maximum absolute atomic E-state index is 14.5. The maximum Gasteiger partial charge on any atom is 0.291 e. The van der Waals surface area contributed by atoms with Gasteiger partial charge in [-0.25, -0.2) is 17.5 Å². The average Bonchev–Trinajstić information content (AvgIpc) is 3.12. The highest BCUT2D eigenvalue weighted by Crippen LogP contribution is 2.24. The molecule has 1 aromatic carbocycles. The number of anilines is 2. The van der Waals surface area contributed by atoms with Gasteiger partial charge in [-0.3, -0.25) is 4.79 Å². The lowest BCUT2D eigenvalue weighted by atomic mass is 10.1. The minimum atomic E-state index is -3.90. The first kappa shape index (κ1) is 21.3. The Morgan fingerprint density at radius 1 is 1.14 bits per heavy atom. The Hall–Kier alpha value is -2.43. The third kappa shape index (κ3) is 5.34. The highest BCUT2D eigenvalue weighted by atomic mass is 32.2. The summed E-state index contributed by atoms with van der Waals surface area (Å²) in [5.41, 5.74) is -0.0302. The van der Waals surface area contributed by atoms with Crippen LogP contribution in [0.4, 0.5) is 15.8 Å². The summed E-state index contributed by atoms with van der Waals surface area (Å²) in [5.74, 6) is -1.35. The van der Waals surface area contributed by atoms with E-state index in [0.29, 0.717) is 32.0 Å². The number of amides is 1. The van der Waals surface area contributed by atoms with E-state index in [1.807, 2.05) is 4.90 Å². The number of hydrogen-bond donors (Lipinski definition) is 2. The van der Waals surface area contributed by atoms with Gasteiger partial charge in [-0.15, -0.1) is 0 Å². The number of morpholine rings is 1. The molecule has 0 bridgehead atoms. The quantitative estimate of drug-likeness (QED) is 0.764. The fourth-order valence-electron chi connectivity index (χ4n) is 2.88. The molecule has 2 aromatic rings. The van der Waals surface area contributed by atoms with Gasteiger partial charge in [0.2, 0.25) is 5.09 Å². The lowest BCUT2D eigenvalue weighted by molar-refractivity contribution is 0.0991. The Morgan fingerprint density at radius 3 is 2.45 bits per heavy atom. The summed E-state index contributed by atoms with van der Waals surface area (Å²) in [6, 6.07) is 6.83. The number of halogens is 1. The van der Waals surface area contributed by atoms with Crippen molar-refractivity contribution < 1.29 is 26.8 Å². The van der Waals surface area contributed by atoms with E-state index >= 15 is 0 Å². The van der Waals surface area contributed by atoms with Crippen LogP contribution in [0.3, 0.4) is 0 Å². The molecule has 1 saturated heterocycles. The number of sulfonamides is 1. The smallest absolute Gasteiger partial charge is 0.291 e. The fraction of sp³-hybridized carbons (Fsp3) is 0.421. The Bertz CT molecular complexity index is 992. The Kier molecular flexibility index (Phi) is 5.97. The van der Waals surface area contributed by atoms with E-state index in [2.05, 4.69) is 10.0 Å². The maximum atomic E-state index is 14.5. The molecule has 158 valence electrons. The van der Waals surface area contributed by atoms with Crippen molar-refractivity contribution in [1.29, 1.82) is 0 Å². The molecule has 0 radical (unpaired) electrons. The SMILES string of the molecule is CC(C)(C)NS(=O)(=O)c1ccc(C(=O)Nc2ccc(N3CCOCC3)c(F)c2)o1. The van der Waals surface area contributed by atoms with E-state index in [4.69, 9.17) is 9.15 Å². The summed E-state index contributed by atoms with van der Waals surface area (Å²) in [7, 11) is -3.90. The van der Waals surface area contributed by atoms with E-state index in [-0.39, 0.29) is 16.5 Å². The number of nitrogens with one attached hydrogen (secondary N) is 2. The molecule has 1 aliphatic rings. The van der Waals surface area contributed by atoms with E-state index in [9.17, 15) is 17.6 Å². The van der Waals surface area contributed by atoms with E-state index in [1.165, 1.54) is 18.2 Å². The third-order valence-electron chi connectivity index (χ3n) is 4.07. The van der Waals surface area contributed by atoms with Gasteiger partial charge in [-0.1, -0.05) is 0 Å². The zero-order valence-corrected chi connectivity index (χ0v) is 17.3. The predicted octanol–water partition coefficient (Wildman–Crippen LogP) is 2.58. The van der Waals surface area contributed by atoms with Crippen LogP contribution in [0, 0.1) is 5.82 Å². The molecule has 1 aliphatic heterocycles. The van der Waals surface area contributed by atoms with Crippen LogP contribution in [0.5, 0.6) is 0 Å². The molecule has 3 rings (SSSR count). The first-order chi connectivity index (χ1) is 13.5. The standard InChI is InChI=1S/C19H24FN3O5S/c1-19(2,3)22-29(25,26)17-7-6-16(28-17)18(24)21-13-4-5-15(14(20)12-13)23-8-10-27-11-9-23/h4-7,12,22H,8-11H2,1-3H3,(H,21,24). The zero-order chi connectivity index (χ0) is 21.2. The van der Waals surface area contributed by atoms with Crippen LogP contribution in [0.2, 0.25) is 0 Å². The van der Waals surface area contributed by atoms with Crippen LogP contribution in [-0.4, -0.2) is 46.2 Å². The number of carbonyl (C=O) groups excluding carboxylic acids is 1. The number of hydrogen-bond acceptors (Lipinski definition) is 6. The number of benzene rings is 1. The van der Waals surface area contributed by atoms with Gasteiger partial charge in [0.05, 0.1) is 18.9 Å². The number of nitrogens with zero attached hydrogens (tertiary/aromatic N) is 1. The summed E-state index contributed by atoms with van der Waals surface area (Å²) in [6.07, 6.45) is 0. The Balaban J connectivity index is 1.71. The molecular weight excluding hydrogens is 401 g/mol. The van der Waals surface area contributed by atoms with Crippen LogP contribution in [0.25, 0.3) is 0 Å². The van der Waals surface area contributed by atoms with Crippen molar-refractivity contribution in [2.45, 2.75) is 31.4 Å². The van der Waals surface area contributed by atoms with Gasteiger partial charge in [0.1, 0.15) is 5.82 Å². The Labute approximate surface area is 169 Å². The van der Waals surface area contributed by atoms with Crippen LogP contribution >= 0.6 is 0 Å². The third-order valence-corrected chi connectivity index (χ3v) is 5.70. The van der Waals surface area contributed by atoms with Gasteiger partial charge in [-0.2, -0.15) is 0 Å². The van der Waals surface area contributed by atoms with Crippen LogP contribution in [0.15, 0.2) is 39.8 Å². The lowest BCUT2D eigenvalue weighted by Crippen LogP contribution is -2.40. The van der Waals surface area contributed by atoms with Crippen molar-refractivity contribution in [3.8, 4) is 0 Å². The second kappa shape index (κ2) is 8.13. The largest absolute Gasteiger partial charge is 0.438 e. The van der Waals surface area contributed by atoms with Crippen molar-refractivity contribution in [1.82, 2.24) is 4.72 Å². The molecule has 0 atom stereocenters.